The van der Waals surface area contributed by atoms with Gasteiger partial charge < -0.3 is 4.74 Å². The molecule has 6 heteroatoms. The largest absolute Gasteiger partial charge is 0.492 e. The fraction of sp³-hybridized carbons (Fsp3) is 0.600. The zero-order valence-electron chi connectivity index (χ0n) is 12.7. The van der Waals surface area contributed by atoms with E-state index in [1.807, 2.05) is 6.92 Å². The number of hydrogen-bond acceptors (Lipinski definition) is 3. The highest BCUT2D eigenvalue weighted by Crippen LogP contribution is 2.31. The minimum absolute atomic E-state index is 0.247. The summed E-state index contributed by atoms with van der Waals surface area (Å²) in [5.41, 5.74) is 0. The molecule has 118 valence electrons. The summed E-state index contributed by atoms with van der Waals surface area (Å²) in [5.74, 6) is 1.17. The van der Waals surface area contributed by atoms with Gasteiger partial charge in [0.2, 0.25) is 10.0 Å². The molecule has 0 N–H and O–H groups in total. The lowest BCUT2D eigenvalue weighted by Gasteiger charge is -2.34. The van der Waals surface area contributed by atoms with Crippen LogP contribution in [0.25, 0.3) is 0 Å². The van der Waals surface area contributed by atoms with Gasteiger partial charge in [-0.05, 0) is 37.3 Å². The van der Waals surface area contributed by atoms with Crippen LogP contribution in [0.2, 0.25) is 5.02 Å². The summed E-state index contributed by atoms with van der Waals surface area (Å²) in [6.07, 6.45) is 1.07. The number of hydrogen-bond donors (Lipinski definition) is 0. The van der Waals surface area contributed by atoms with E-state index >= 15 is 0 Å². The Kier molecular flexibility index (Phi) is 5.17. The summed E-state index contributed by atoms with van der Waals surface area (Å²) in [7, 11) is -3.49. The Morgan fingerprint density at radius 2 is 1.90 bits per heavy atom. The first-order valence-electron chi connectivity index (χ1n) is 7.27. The summed E-state index contributed by atoms with van der Waals surface area (Å²) in [6, 6.07) is 4.64. The van der Waals surface area contributed by atoms with Crippen LogP contribution in [-0.4, -0.2) is 32.4 Å². The number of piperidine rings is 1. The van der Waals surface area contributed by atoms with E-state index in [2.05, 4.69) is 13.8 Å². The van der Waals surface area contributed by atoms with Crippen LogP contribution in [0.4, 0.5) is 0 Å². The van der Waals surface area contributed by atoms with E-state index in [-0.39, 0.29) is 4.90 Å². The molecular formula is C15H22ClNO3S. The van der Waals surface area contributed by atoms with Gasteiger partial charge in [-0.15, -0.1) is 0 Å². The van der Waals surface area contributed by atoms with E-state index in [1.54, 1.807) is 16.4 Å². The van der Waals surface area contributed by atoms with Crippen molar-refractivity contribution in [3.8, 4) is 5.75 Å². The highest BCUT2D eigenvalue weighted by atomic mass is 35.5. The third kappa shape index (κ3) is 3.71. The Bertz CT molecular complexity index is 593. The van der Waals surface area contributed by atoms with Crippen molar-refractivity contribution in [2.24, 2.45) is 11.8 Å². The lowest BCUT2D eigenvalue weighted by molar-refractivity contribution is 0.222. The van der Waals surface area contributed by atoms with Crippen molar-refractivity contribution in [1.29, 1.82) is 0 Å². The number of nitrogens with zero attached hydrogens (tertiary/aromatic N) is 1. The number of rotatable bonds is 4. The molecule has 0 unspecified atom stereocenters. The van der Waals surface area contributed by atoms with E-state index < -0.39 is 10.0 Å². The maximum absolute atomic E-state index is 12.8. The molecule has 1 aromatic rings. The van der Waals surface area contributed by atoms with Gasteiger partial charge in [0.1, 0.15) is 5.75 Å². The van der Waals surface area contributed by atoms with Crippen molar-refractivity contribution in [2.45, 2.75) is 32.1 Å². The van der Waals surface area contributed by atoms with Crippen molar-refractivity contribution in [3.63, 3.8) is 0 Å². The van der Waals surface area contributed by atoms with Crippen molar-refractivity contribution in [3.05, 3.63) is 23.2 Å². The molecule has 0 radical (unpaired) electrons. The number of sulfonamides is 1. The van der Waals surface area contributed by atoms with Gasteiger partial charge in [-0.2, -0.15) is 4.31 Å². The number of benzene rings is 1. The Morgan fingerprint density at radius 1 is 1.29 bits per heavy atom. The normalized spacial score (nSPS) is 24.0. The predicted octanol–water partition coefficient (Wildman–Crippen LogP) is 3.41. The van der Waals surface area contributed by atoms with Crippen LogP contribution in [0.3, 0.4) is 0 Å². The van der Waals surface area contributed by atoms with Gasteiger partial charge in [-0.25, -0.2) is 8.42 Å². The Balaban J connectivity index is 2.33. The molecule has 1 saturated heterocycles. The Morgan fingerprint density at radius 3 is 2.48 bits per heavy atom. The van der Waals surface area contributed by atoms with Gasteiger partial charge in [-0.3, -0.25) is 0 Å². The molecule has 2 rings (SSSR count). The van der Waals surface area contributed by atoms with E-state index in [0.29, 0.717) is 42.3 Å². The van der Waals surface area contributed by atoms with Gasteiger partial charge >= 0.3 is 0 Å². The second-order valence-corrected chi connectivity index (χ2v) is 8.14. The molecule has 0 bridgehead atoms. The highest BCUT2D eigenvalue weighted by molar-refractivity contribution is 7.89. The predicted molar refractivity (Wildman–Crippen MR) is 84.3 cm³/mol. The Hall–Kier alpha value is -0.780. The van der Waals surface area contributed by atoms with E-state index in [0.717, 1.165) is 6.42 Å². The summed E-state index contributed by atoms with van der Waals surface area (Å²) >= 11 is 6.02. The van der Waals surface area contributed by atoms with Crippen molar-refractivity contribution in [1.82, 2.24) is 4.31 Å². The van der Waals surface area contributed by atoms with Crippen LogP contribution in [0.5, 0.6) is 5.75 Å². The fourth-order valence-electron chi connectivity index (χ4n) is 2.86. The maximum atomic E-state index is 12.8. The average Bonchev–Trinajstić information content (AvgIpc) is 2.40. The second kappa shape index (κ2) is 6.55. The summed E-state index contributed by atoms with van der Waals surface area (Å²) in [6.45, 7) is 7.60. The minimum Gasteiger partial charge on any atom is -0.492 e. The standard InChI is InChI=1S/C15H22ClNO3S/c1-4-20-15-8-13(5-6-14(15)16)21(18,19)17-9-11(2)7-12(3)10-17/h5-6,8,11-12H,4,7,9-10H2,1-3H3/t11-,12-/m0/s1. The van der Waals surface area contributed by atoms with Gasteiger partial charge in [0.25, 0.3) is 0 Å². The molecule has 1 heterocycles. The van der Waals surface area contributed by atoms with Crippen molar-refractivity contribution in [2.75, 3.05) is 19.7 Å². The molecular weight excluding hydrogens is 310 g/mol. The highest BCUT2D eigenvalue weighted by Gasteiger charge is 2.32. The first-order valence-corrected chi connectivity index (χ1v) is 9.09. The molecule has 1 aromatic carbocycles. The van der Waals surface area contributed by atoms with E-state index in [9.17, 15) is 8.42 Å². The second-order valence-electron chi connectivity index (χ2n) is 5.79. The zero-order chi connectivity index (χ0) is 15.6. The van der Waals surface area contributed by atoms with Gasteiger partial charge in [0.05, 0.1) is 16.5 Å². The summed E-state index contributed by atoms with van der Waals surface area (Å²) < 4.78 is 32.5. The number of halogens is 1. The van der Waals surface area contributed by atoms with Gasteiger partial charge in [-0.1, -0.05) is 25.4 Å². The maximum Gasteiger partial charge on any atom is 0.243 e. The summed E-state index contributed by atoms with van der Waals surface area (Å²) in [5, 5.41) is 0.427. The molecule has 0 amide bonds. The molecule has 0 saturated carbocycles. The molecule has 2 atom stereocenters. The van der Waals surface area contributed by atoms with Crippen molar-refractivity contribution >= 4 is 21.6 Å². The van der Waals surface area contributed by atoms with Gasteiger partial charge in [0.15, 0.2) is 0 Å². The molecule has 0 aromatic heterocycles. The topological polar surface area (TPSA) is 46.6 Å². The lowest BCUT2D eigenvalue weighted by atomic mass is 9.94. The van der Waals surface area contributed by atoms with E-state index in [4.69, 9.17) is 16.3 Å². The quantitative estimate of drug-likeness (QED) is 0.849. The SMILES string of the molecule is CCOc1cc(S(=O)(=O)N2C[C@@H](C)C[C@H](C)C2)ccc1Cl. The summed E-state index contributed by atoms with van der Waals surface area (Å²) in [4.78, 5) is 0.247. The monoisotopic (exact) mass is 331 g/mol. The van der Waals surface area contributed by atoms with Crippen LogP contribution in [0, 0.1) is 11.8 Å². The number of ether oxygens (including phenoxy) is 1. The van der Waals surface area contributed by atoms with E-state index in [1.165, 1.54) is 6.07 Å². The molecule has 21 heavy (non-hydrogen) atoms. The third-order valence-corrected chi connectivity index (χ3v) is 5.82. The molecule has 1 aliphatic heterocycles. The van der Waals surface area contributed by atoms with Crippen LogP contribution in [0.1, 0.15) is 27.2 Å². The molecule has 4 nitrogen and oxygen atoms in total. The molecule has 1 aliphatic rings. The first-order chi connectivity index (χ1) is 9.84. The zero-order valence-corrected chi connectivity index (χ0v) is 14.2. The smallest absolute Gasteiger partial charge is 0.243 e. The lowest BCUT2D eigenvalue weighted by Crippen LogP contribution is -2.42. The fourth-order valence-corrected chi connectivity index (χ4v) is 4.73. The minimum atomic E-state index is -3.49. The first kappa shape index (κ1) is 16.6. The molecule has 1 fully saturated rings. The van der Waals surface area contributed by atoms with Crippen LogP contribution in [0.15, 0.2) is 23.1 Å². The van der Waals surface area contributed by atoms with Crippen LogP contribution >= 0.6 is 11.6 Å². The average molecular weight is 332 g/mol. The molecule has 0 aliphatic carbocycles. The Labute approximate surface area is 132 Å². The molecule has 0 spiro atoms. The van der Waals surface area contributed by atoms with Gasteiger partial charge in [0, 0.05) is 19.2 Å². The van der Waals surface area contributed by atoms with Crippen LogP contribution in [-0.2, 0) is 10.0 Å². The van der Waals surface area contributed by atoms with Crippen LogP contribution < -0.4 is 4.74 Å². The third-order valence-electron chi connectivity index (χ3n) is 3.68. The van der Waals surface area contributed by atoms with Crippen molar-refractivity contribution < 1.29 is 13.2 Å².